The lowest BCUT2D eigenvalue weighted by Gasteiger charge is -2.09. The standard InChI is InChI=1S/C16H13F2NO4S/c1-9-6-14-13(19(2)16(20)23-14)7-15(9)24(21,22)8-10-11(17)4-3-5-12(10)18/h3-7H,8H2,1-2H3. The van der Waals surface area contributed by atoms with E-state index < -0.39 is 38.5 Å². The Labute approximate surface area is 136 Å². The molecule has 2 aromatic carbocycles. The molecule has 1 heterocycles. The van der Waals surface area contributed by atoms with Crippen LogP contribution in [0, 0.1) is 18.6 Å². The third kappa shape index (κ3) is 2.62. The number of aryl methyl sites for hydroxylation is 2. The van der Waals surface area contributed by atoms with Crippen LogP contribution in [-0.4, -0.2) is 13.0 Å². The van der Waals surface area contributed by atoms with E-state index in [1.54, 1.807) is 0 Å². The fraction of sp³-hybridized carbons (Fsp3) is 0.188. The van der Waals surface area contributed by atoms with Gasteiger partial charge in [-0.15, -0.1) is 0 Å². The van der Waals surface area contributed by atoms with Crippen molar-refractivity contribution in [2.24, 2.45) is 7.05 Å². The van der Waals surface area contributed by atoms with E-state index >= 15 is 0 Å². The maximum absolute atomic E-state index is 13.8. The Morgan fingerprint density at radius 3 is 2.42 bits per heavy atom. The molecule has 0 saturated carbocycles. The van der Waals surface area contributed by atoms with E-state index in [0.29, 0.717) is 5.56 Å². The Balaban J connectivity index is 2.16. The molecule has 24 heavy (non-hydrogen) atoms. The number of aromatic nitrogens is 1. The van der Waals surface area contributed by atoms with Crippen LogP contribution in [0.5, 0.6) is 0 Å². The lowest BCUT2D eigenvalue weighted by molar-refractivity contribution is 0.528. The molecule has 0 amide bonds. The SMILES string of the molecule is Cc1cc2oc(=O)n(C)c2cc1S(=O)(=O)Cc1c(F)cccc1F. The molecule has 0 aliphatic rings. The van der Waals surface area contributed by atoms with E-state index in [1.807, 2.05) is 0 Å². The molecule has 3 aromatic rings. The molecular formula is C16H13F2NO4S. The summed E-state index contributed by atoms with van der Waals surface area (Å²) in [5, 5.41) is 0. The Morgan fingerprint density at radius 1 is 1.17 bits per heavy atom. The molecule has 0 bridgehead atoms. The van der Waals surface area contributed by atoms with Crippen LogP contribution in [0.1, 0.15) is 11.1 Å². The van der Waals surface area contributed by atoms with E-state index in [9.17, 15) is 22.0 Å². The number of fused-ring (bicyclic) bond motifs is 1. The van der Waals surface area contributed by atoms with E-state index in [2.05, 4.69) is 0 Å². The molecule has 0 fully saturated rings. The van der Waals surface area contributed by atoms with E-state index in [0.717, 1.165) is 16.7 Å². The number of hydrogen-bond donors (Lipinski definition) is 0. The van der Waals surface area contributed by atoms with Gasteiger partial charge in [-0.3, -0.25) is 4.57 Å². The maximum atomic E-state index is 13.8. The minimum absolute atomic E-state index is 0.103. The Bertz CT molecular complexity index is 1090. The minimum Gasteiger partial charge on any atom is -0.408 e. The van der Waals surface area contributed by atoms with E-state index in [1.165, 1.54) is 32.2 Å². The highest BCUT2D eigenvalue weighted by atomic mass is 32.2. The molecular weight excluding hydrogens is 340 g/mol. The van der Waals surface area contributed by atoms with E-state index in [4.69, 9.17) is 4.42 Å². The van der Waals surface area contributed by atoms with E-state index in [-0.39, 0.29) is 16.0 Å². The van der Waals surface area contributed by atoms with Gasteiger partial charge in [-0.2, -0.15) is 0 Å². The van der Waals surface area contributed by atoms with Crippen LogP contribution < -0.4 is 5.76 Å². The topological polar surface area (TPSA) is 69.3 Å². The van der Waals surface area contributed by atoms with Gasteiger partial charge in [0.25, 0.3) is 0 Å². The third-order valence-electron chi connectivity index (χ3n) is 3.82. The van der Waals surface area contributed by atoms with Crippen LogP contribution in [0.15, 0.2) is 44.4 Å². The molecule has 0 N–H and O–H groups in total. The summed E-state index contributed by atoms with van der Waals surface area (Å²) in [5.41, 5.74) is 0.348. The van der Waals surface area contributed by atoms with Crippen molar-refractivity contribution >= 4 is 20.9 Å². The van der Waals surface area contributed by atoms with Crippen molar-refractivity contribution in [1.29, 1.82) is 0 Å². The lowest BCUT2D eigenvalue weighted by Crippen LogP contribution is -2.11. The fourth-order valence-corrected chi connectivity index (χ4v) is 4.18. The molecule has 0 aliphatic carbocycles. The highest BCUT2D eigenvalue weighted by Gasteiger charge is 2.24. The molecule has 5 nitrogen and oxygen atoms in total. The van der Waals surface area contributed by atoms with Crippen molar-refractivity contribution in [3.63, 3.8) is 0 Å². The van der Waals surface area contributed by atoms with Gasteiger partial charge in [-0.25, -0.2) is 22.0 Å². The van der Waals surface area contributed by atoms with Gasteiger partial charge in [-0.05, 0) is 36.8 Å². The smallest absolute Gasteiger partial charge is 0.408 e. The first-order chi connectivity index (χ1) is 11.2. The highest BCUT2D eigenvalue weighted by Crippen LogP contribution is 2.26. The second-order valence-electron chi connectivity index (χ2n) is 5.47. The summed E-state index contributed by atoms with van der Waals surface area (Å²) >= 11 is 0. The van der Waals surface area contributed by atoms with Crippen LogP contribution >= 0.6 is 0 Å². The van der Waals surface area contributed by atoms with Gasteiger partial charge in [0.1, 0.15) is 11.6 Å². The molecule has 126 valence electrons. The number of rotatable bonds is 3. The molecule has 0 saturated heterocycles. The van der Waals surface area contributed by atoms with Crippen LogP contribution in [0.2, 0.25) is 0 Å². The van der Waals surface area contributed by atoms with Crippen molar-refractivity contribution < 1.29 is 21.6 Å². The number of benzene rings is 2. The summed E-state index contributed by atoms with van der Waals surface area (Å²) in [7, 11) is -2.58. The second kappa shape index (κ2) is 5.55. The van der Waals surface area contributed by atoms with Gasteiger partial charge in [-0.1, -0.05) is 6.07 Å². The van der Waals surface area contributed by atoms with Crippen molar-refractivity contribution in [1.82, 2.24) is 4.57 Å². The average Bonchev–Trinajstić information content (AvgIpc) is 2.76. The van der Waals surface area contributed by atoms with Gasteiger partial charge in [0.15, 0.2) is 15.4 Å². The van der Waals surface area contributed by atoms with Crippen LogP contribution in [0.25, 0.3) is 11.1 Å². The van der Waals surface area contributed by atoms with Crippen molar-refractivity contribution in [2.75, 3.05) is 0 Å². The average molecular weight is 353 g/mol. The summed E-state index contributed by atoms with van der Waals surface area (Å²) in [4.78, 5) is 11.4. The summed E-state index contributed by atoms with van der Waals surface area (Å²) in [6, 6.07) is 5.87. The third-order valence-corrected chi connectivity index (χ3v) is 5.60. The van der Waals surface area contributed by atoms with Gasteiger partial charge >= 0.3 is 5.76 Å². The number of sulfone groups is 1. The minimum atomic E-state index is -4.03. The van der Waals surface area contributed by atoms with Gasteiger partial charge < -0.3 is 4.42 Å². The second-order valence-corrected chi connectivity index (χ2v) is 7.43. The first-order valence-corrected chi connectivity index (χ1v) is 8.62. The molecule has 0 unspecified atom stereocenters. The fourth-order valence-electron chi connectivity index (χ4n) is 2.53. The predicted octanol–water partition coefficient (Wildman–Crippen LogP) is 2.69. The Kier molecular flexibility index (Phi) is 3.79. The monoisotopic (exact) mass is 353 g/mol. The summed E-state index contributed by atoms with van der Waals surface area (Å²) < 4.78 is 58.9. The van der Waals surface area contributed by atoms with Crippen molar-refractivity contribution in [3.8, 4) is 0 Å². The number of oxazole rings is 1. The highest BCUT2D eigenvalue weighted by molar-refractivity contribution is 7.90. The molecule has 8 heteroatoms. The predicted molar refractivity (Wildman–Crippen MR) is 83.4 cm³/mol. The van der Waals surface area contributed by atoms with Crippen LogP contribution in [0.3, 0.4) is 0 Å². The molecule has 0 atom stereocenters. The lowest BCUT2D eigenvalue weighted by atomic mass is 10.2. The maximum Gasteiger partial charge on any atom is 0.419 e. The Morgan fingerprint density at radius 2 is 1.79 bits per heavy atom. The quantitative estimate of drug-likeness (QED) is 0.726. The molecule has 0 aliphatic heterocycles. The first kappa shape index (κ1) is 16.4. The molecule has 1 aromatic heterocycles. The largest absolute Gasteiger partial charge is 0.419 e. The van der Waals surface area contributed by atoms with Crippen molar-refractivity contribution in [3.05, 3.63) is 63.6 Å². The number of halogens is 2. The zero-order valence-corrected chi connectivity index (χ0v) is 13.7. The number of hydrogen-bond acceptors (Lipinski definition) is 4. The van der Waals surface area contributed by atoms with Crippen LogP contribution in [-0.2, 0) is 22.6 Å². The van der Waals surface area contributed by atoms with Gasteiger partial charge in [0.2, 0.25) is 0 Å². The van der Waals surface area contributed by atoms with Crippen LogP contribution in [0.4, 0.5) is 8.78 Å². The summed E-state index contributed by atoms with van der Waals surface area (Å²) in [6.07, 6.45) is 0. The zero-order chi connectivity index (χ0) is 17.6. The normalized spacial score (nSPS) is 12.0. The van der Waals surface area contributed by atoms with Gasteiger partial charge in [0, 0.05) is 12.6 Å². The van der Waals surface area contributed by atoms with Gasteiger partial charge in [0.05, 0.1) is 16.2 Å². The zero-order valence-electron chi connectivity index (χ0n) is 12.8. The Hall–Kier alpha value is -2.48. The first-order valence-electron chi connectivity index (χ1n) is 6.96. The molecule has 0 radical (unpaired) electrons. The molecule has 0 spiro atoms. The summed E-state index contributed by atoms with van der Waals surface area (Å²) in [5.74, 6) is -3.29. The van der Waals surface area contributed by atoms with Crippen molar-refractivity contribution in [2.45, 2.75) is 17.6 Å². The summed E-state index contributed by atoms with van der Waals surface area (Å²) in [6.45, 7) is 1.52. The number of nitrogens with zero attached hydrogens (tertiary/aromatic N) is 1. The molecule has 3 rings (SSSR count).